The van der Waals surface area contributed by atoms with Crippen LogP contribution in [0.3, 0.4) is 0 Å². The molecule has 20 heavy (non-hydrogen) atoms. The zero-order chi connectivity index (χ0) is 14.3. The summed E-state index contributed by atoms with van der Waals surface area (Å²) in [4.78, 5) is 23.9. The predicted octanol–water partition coefficient (Wildman–Crippen LogP) is 2.20. The molecule has 110 valence electrons. The summed E-state index contributed by atoms with van der Waals surface area (Å²) >= 11 is 0. The number of fused-ring (bicyclic) bond motifs is 2. The topological polar surface area (TPSA) is 66.4 Å². The van der Waals surface area contributed by atoms with Gasteiger partial charge in [0.1, 0.15) is 0 Å². The third-order valence-corrected chi connectivity index (χ3v) is 5.20. The van der Waals surface area contributed by atoms with E-state index < -0.39 is 11.9 Å². The Bertz CT molecular complexity index is 441. The minimum atomic E-state index is -0.822. The average molecular weight is 277 g/mol. The number of hydrogen-bond acceptors (Lipinski definition) is 2. The summed E-state index contributed by atoms with van der Waals surface area (Å²) in [5.41, 5.74) is 0. The monoisotopic (exact) mass is 277 g/mol. The van der Waals surface area contributed by atoms with E-state index in [4.69, 9.17) is 0 Å². The average Bonchev–Trinajstić information content (AvgIpc) is 2.99. The van der Waals surface area contributed by atoms with E-state index in [1.807, 2.05) is 12.2 Å². The second-order valence-corrected chi connectivity index (χ2v) is 6.63. The SMILES string of the molecule is CCC(CC1CC1)NC(=O)[C@H]1C2C=CC(C2)[C@H]1C(=O)O. The fraction of sp³-hybridized carbons (Fsp3) is 0.750. The molecule has 3 aliphatic rings. The number of carbonyl (C=O) groups excluding carboxylic acids is 1. The second kappa shape index (κ2) is 5.23. The van der Waals surface area contributed by atoms with Crippen molar-refractivity contribution in [2.24, 2.45) is 29.6 Å². The molecule has 2 saturated carbocycles. The van der Waals surface area contributed by atoms with Gasteiger partial charge in [-0.25, -0.2) is 0 Å². The van der Waals surface area contributed by atoms with E-state index in [1.54, 1.807) is 0 Å². The highest BCUT2D eigenvalue weighted by Gasteiger charge is 2.51. The second-order valence-electron chi connectivity index (χ2n) is 6.63. The van der Waals surface area contributed by atoms with Crippen molar-refractivity contribution in [2.75, 3.05) is 0 Å². The van der Waals surface area contributed by atoms with E-state index in [0.29, 0.717) is 0 Å². The van der Waals surface area contributed by atoms with Crippen LogP contribution in [-0.2, 0) is 9.59 Å². The molecule has 5 atom stereocenters. The van der Waals surface area contributed by atoms with Crippen LogP contribution in [0.2, 0.25) is 0 Å². The first kappa shape index (κ1) is 13.7. The normalized spacial score (nSPS) is 36.0. The van der Waals surface area contributed by atoms with Crippen LogP contribution >= 0.6 is 0 Å². The van der Waals surface area contributed by atoms with Crippen molar-refractivity contribution in [1.29, 1.82) is 0 Å². The van der Waals surface area contributed by atoms with Crippen LogP contribution in [0.5, 0.6) is 0 Å². The molecule has 0 aromatic rings. The maximum absolute atomic E-state index is 12.5. The molecule has 0 heterocycles. The first-order valence-corrected chi connectivity index (χ1v) is 7.81. The van der Waals surface area contributed by atoms with Crippen LogP contribution in [0.4, 0.5) is 0 Å². The number of nitrogens with one attached hydrogen (secondary N) is 1. The lowest BCUT2D eigenvalue weighted by Gasteiger charge is -2.26. The van der Waals surface area contributed by atoms with Gasteiger partial charge in [0, 0.05) is 6.04 Å². The predicted molar refractivity (Wildman–Crippen MR) is 74.9 cm³/mol. The Balaban J connectivity index is 1.66. The molecule has 0 aliphatic heterocycles. The maximum atomic E-state index is 12.5. The number of allylic oxidation sites excluding steroid dienone is 2. The zero-order valence-electron chi connectivity index (χ0n) is 11.9. The van der Waals surface area contributed by atoms with Gasteiger partial charge in [-0.3, -0.25) is 9.59 Å². The van der Waals surface area contributed by atoms with Crippen molar-refractivity contribution in [1.82, 2.24) is 5.32 Å². The van der Waals surface area contributed by atoms with Crippen LogP contribution in [0, 0.1) is 29.6 Å². The molecule has 2 N–H and O–H groups in total. The summed E-state index contributed by atoms with van der Waals surface area (Å²) in [6, 6.07) is 0.215. The molecule has 0 saturated heterocycles. The van der Waals surface area contributed by atoms with E-state index in [-0.39, 0.29) is 29.7 Å². The number of carboxylic acids is 1. The van der Waals surface area contributed by atoms with Crippen molar-refractivity contribution in [3.63, 3.8) is 0 Å². The molecular formula is C16H23NO3. The fourth-order valence-corrected chi connectivity index (χ4v) is 3.90. The van der Waals surface area contributed by atoms with E-state index >= 15 is 0 Å². The summed E-state index contributed by atoms with van der Waals surface area (Å²) in [6.45, 7) is 2.09. The molecule has 0 aromatic heterocycles. The molecule has 4 nitrogen and oxygen atoms in total. The Labute approximate surface area is 119 Å². The van der Waals surface area contributed by atoms with Gasteiger partial charge in [-0.1, -0.05) is 31.9 Å². The molecule has 0 radical (unpaired) electrons. The van der Waals surface area contributed by atoms with Gasteiger partial charge in [-0.2, -0.15) is 0 Å². The maximum Gasteiger partial charge on any atom is 0.307 e. The third-order valence-electron chi connectivity index (χ3n) is 5.20. The highest BCUT2D eigenvalue weighted by Crippen LogP contribution is 2.48. The van der Waals surface area contributed by atoms with Crippen molar-refractivity contribution in [3.8, 4) is 0 Å². The molecule has 3 unspecified atom stereocenters. The Morgan fingerprint density at radius 3 is 2.45 bits per heavy atom. The van der Waals surface area contributed by atoms with Crippen molar-refractivity contribution < 1.29 is 14.7 Å². The molecule has 3 rings (SSSR count). The van der Waals surface area contributed by atoms with Gasteiger partial charge in [0.15, 0.2) is 0 Å². The number of rotatable bonds is 6. The zero-order valence-corrected chi connectivity index (χ0v) is 11.9. The van der Waals surface area contributed by atoms with Gasteiger partial charge in [0.25, 0.3) is 0 Å². The number of carbonyl (C=O) groups is 2. The molecule has 0 aromatic carbocycles. The van der Waals surface area contributed by atoms with E-state index in [9.17, 15) is 14.7 Å². The Morgan fingerprint density at radius 2 is 1.90 bits per heavy atom. The van der Waals surface area contributed by atoms with Crippen LogP contribution < -0.4 is 5.32 Å². The summed E-state index contributed by atoms with van der Waals surface area (Å²) in [7, 11) is 0. The Kier molecular flexibility index (Phi) is 3.57. The highest BCUT2D eigenvalue weighted by molar-refractivity contribution is 5.87. The van der Waals surface area contributed by atoms with Gasteiger partial charge in [0.05, 0.1) is 11.8 Å². The minimum Gasteiger partial charge on any atom is -0.481 e. The number of amides is 1. The number of aliphatic carboxylic acids is 1. The molecule has 0 spiro atoms. The Morgan fingerprint density at radius 1 is 1.25 bits per heavy atom. The van der Waals surface area contributed by atoms with Crippen LogP contribution in [0.25, 0.3) is 0 Å². The highest BCUT2D eigenvalue weighted by atomic mass is 16.4. The van der Waals surface area contributed by atoms with Gasteiger partial charge in [-0.05, 0) is 37.0 Å². The van der Waals surface area contributed by atoms with E-state index in [1.165, 1.54) is 12.8 Å². The van der Waals surface area contributed by atoms with Gasteiger partial charge in [-0.15, -0.1) is 0 Å². The lowest BCUT2D eigenvalue weighted by molar-refractivity contribution is -0.148. The third kappa shape index (κ3) is 2.48. The van der Waals surface area contributed by atoms with Crippen LogP contribution in [0.15, 0.2) is 12.2 Å². The van der Waals surface area contributed by atoms with Crippen LogP contribution in [0.1, 0.15) is 39.0 Å². The minimum absolute atomic E-state index is 0.0400. The summed E-state index contributed by atoms with van der Waals surface area (Å²) in [5.74, 6) is -0.801. The molecule has 1 amide bonds. The van der Waals surface area contributed by atoms with E-state index in [2.05, 4.69) is 12.2 Å². The first-order valence-electron chi connectivity index (χ1n) is 7.81. The Hall–Kier alpha value is -1.32. The molecule has 2 fully saturated rings. The fourth-order valence-electron chi connectivity index (χ4n) is 3.90. The van der Waals surface area contributed by atoms with Crippen molar-refractivity contribution in [2.45, 2.75) is 45.1 Å². The summed E-state index contributed by atoms with van der Waals surface area (Å²) in [6.07, 6.45) is 9.38. The van der Waals surface area contributed by atoms with Crippen molar-refractivity contribution >= 4 is 11.9 Å². The van der Waals surface area contributed by atoms with Gasteiger partial charge in [0.2, 0.25) is 5.91 Å². The summed E-state index contributed by atoms with van der Waals surface area (Å²) in [5, 5.41) is 12.5. The van der Waals surface area contributed by atoms with Gasteiger partial charge >= 0.3 is 5.97 Å². The smallest absolute Gasteiger partial charge is 0.307 e. The first-order chi connectivity index (χ1) is 9.60. The van der Waals surface area contributed by atoms with E-state index in [0.717, 1.165) is 25.2 Å². The largest absolute Gasteiger partial charge is 0.481 e. The molecular weight excluding hydrogens is 254 g/mol. The molecule has 2 bridgehead atoms. The summed E-state index contributed by atoms with van der Waals surface area (Å²) < 4.78 is 0. The number of carboxylic acid groups (broad SMARTS) is 1. The van der Waals surface area contributed by atoms with Crippen molar-refractivity contribution in [3.05, 3.63) is 12.2 Å². The standard InChI is InChI=1S/C16H23NO3/c1-2-12(7-9-3-4-9)17-15(18)13-10-5-6-11(8-10)14(13)16(19)20/h5-6,9-14H,2-4,7-8H2,1H3,(H,17,18)(H,19,20)/t10?,11?,12?,13-,14+/m0/s1. The lowest BCUT2D eigenvalue weighted by atomic mass is 9.82. The number of hydrogen-bond donors (Lipinski definition) is 2. The molecule has 4 heteroatoms. The quantitative estimate of drug-likeness (QED) is 0.731. The molecule has 3 aliphatic carbocycles. The van der Waals surface area contributed by atoms with Crippen LogP contribution in [-0.4, -0.2) is 23.0 Å². The van der Waals surface area contributed by atoms with Gasteiger partial charge < -0.3 is 10.4 Å². The lowest BCUT2D eigenvalue weighted by Crippen LogP contribution is -2.44.